The molecule has 0 amide bonds. The van der Waals surface area contributed by atoms with Crippen LogP contribution in [0.4, 0.5) is 0 Å². The lowest BCUT2D eigenvalue weighted by Crippen LogP contribution is -1.94. The molecule has 0 saturated heterocycles. The number of benzene rings is 9. The number of hydrogen-bond acceptors (Lipinski definition) is 2. The Kier molecular flexibility index (Phi) is 6.34. The third kappa shape index (κ3) is 4.32. The van der Waals surface area contributed by atoms with Gasteiger partial charge in [0.05, 0.1) is 11.0 Å². The predicted molar refractivity (Wildman–Crippen MR) is 229 cm³/mol. The minimum absolute atomic E-state index is 0.834. The fourth-order valence-electron chi connectivity index (χ4n) is 9.12. The van der Waals surface area contributed by atoms with Gasteiger partial charge in [-0.05, 0) is 75.1 Å². The molecule has 0 aliphatic carbocycles. The van der Waals surface area contributed by atoms with Crippen molar-refractivity contribution >= 4 is 76.3 Å². The molecule has 0 aliphatic rings. The largest absolute Gasteiger partial charge is 0.456 e. The Balaban J connectivity index is 1.24. The standard InChI is InChI=1S/C52H31NO2/c1-3-16-32(17-4-1)46-31-42-47(54-46)30-41-34-20-12-14-29-45(34)55-52(41)51(42)50-37-23-9-7-21-35(37)48(36-22-8-10-24-38(36)50)40-26-15-28-44-49(40)39-25-11-13-27-43(39)53(44)33-18-5-2-6-19-33/h1-31H. The maximum atomic E-state index is 6.88. The summed E-state index contributed by atoms with van der Waals surface area (Å²) in [6.07, 6.45) is 0. The number of nitrogens with zero attached hydrogens (tertiary/aromatic N) is 1. The van der Waals surface area contributed by atoms with Crippen molar-refractivity contribution in [3.63, 3.8) is 0 Å². The average molecular weight is 702 g/mol. The van der Waals surface area contributed by atoms with Crippen LogP contribution >= 0.6 is 0 Å². The zero-order chi connectivity index (χ0) is 36.0. The van der Waals surface area contributed by atoms with E-state index in [1.807, 2.05) is 12.1 Å². The number of fused-ring (bicyclic) bond motifs is 9. The predicted octanol–water partition coefficient (Wildman–Crippen LogP) is 14.7. The van der Waals surface area contributed by atoms with E-state index in [4.69, 9.17) is 8.83 Å². The van der Waals surface area contributed by atoms with Crippen molar-refractivity contribution < 1.29 is 8.83 Å². The van der Waals surface area contributed by atoms with Gasteiger partial charge in [-0.15, -0.1) is 0 Å². The Bertz CT molecular complexity index is 3420. The molecule has 0 fully saturated rings. The second-order valence-electron chi connectivity index (χ2n) is 14.3. The minimum Gasteiger partial charge on any atom is -0.456 e. The lowest BCUT2D eigenvalue weighted by atomic mass is 9.84. The summed E-state index contributed by atoms with van der Waals surface area (Å²) in [7, 11) is 0. The third-order valence-electron chi connectivity index (χ3n) is 11.4. The van der Waals surface area contributed by atoms with Crippen molar-refractivity contribution in [3.8, 4) is 39.3 Å². The van der Waals surface area contributed by atoms with Gasteiger partial charge in [0.2, 0.25) is 0 Å². The van der Waals surface area contributed by atoms with Crippen LogP contribution in [0.15, 0.2) is 197 Å². The molecule has 0 spiro atoms. The first kappa shape index (κ1) is 30.1. The van der Waals surface area contributed by atoms with Crippen LogP contribution in [0.2, 0.25) is 0 Å². The highest BCUT2D eigenvalue weighted by Gasteiger charge is 2.26. The number of aromatic nitrogens is 1. The normalized spacial score (nSPS) is 12.0. The second kappa shape index (κ2) is 11.6. The summed E-state index contributed by atoms with van der Waals surface area (Å²) in [4.78, 5) is 0. The van der Waals surface area contributed by atoms with Gasteiger partial charge in [-0.2, -0.15) is 0 Å². The smallest absolute Gasteiger partial charge is 0.144 e. The van der Waals surface area contributed by atoms with Crippen LogP contribution in [0.25, 0.3) is 116 Å². The van der Waals surface area contributed by atoms with E-state index in [1.165, 1.54) is 43.7 Å². The third-order valence-corrected chi connectivity index (χ3v) is 11.4. The molecular formula is C52H31NO2. The zero-order valence-corrected chi connectivity index (χ0v) is 29.7. The van der Waals surface area contributed by atoms with Gasteiger partial charge in [-0.25, -0.2) is 0 Å². The molecule has 9 aromatic carbocycles. The highest BCUT2D eigenvalue weighted by Crippen LogP contribution is 2.51. The molecule has 3 heteroatoms. The topological polar surface area (TPSA) is 31.2 Å². The summed E-state index contributed by atoms with van der Waals surface area (Å²) in [6, 6.07) is 67.1. The SMILES string of the molecule is c1ccc(-c2cc3c(-c4c5ccccc5c(-c5cccc6c5c5ccccc5n6-c5ccccc5)c5ccccc45)c4oc5ccccc5c4cc3o2)cc1. The molecule has 0 N–H and O–H groups in total. The highest BCUT2D eigenvalue weighted by atomic mass is 16.3. The number of para-hydroxylation sites is 3. The number of hydrogen-bond donors (Lipinski definition) is 0. The molecule has 12 rings (SSSR count). The molecule has 0 aliphatic heterocycles. The summed E-state index contributed by atoms with van der Waals surface area (Å²) in [5.41, 5.74) is 11.8. The van der Waals surface area contributed by atoms with E-state index in [9.17, 15) is 0 Å². The lowest BCUT2D eigenvalue weighted by molar-refractivity contribution is 0.631. The van der Waals surface area contributed by atoms with Gasteiger partial charge in [0.1, 0.15) is 22.5 Å². The summed E-state index contributed by atoms with van der Waals surface area (Å²) in [5.74, 6) is 0.834. The van der Waals surface area contributed by atoms with Gasteiger partial charge in [0, 0.05) is 49.3 Å². The van der Waals surface area contributed by atoms with Crippen LogP contribution in [0.5, 0.6) is 0 Å². The first-order chi connectivity index (χ1) is 27.3. The van der Waals surface area contributed by atoms with Crippen LogP contribution < -0.4 is 0 Å². The molecule has 3 heterocycles. The van der Waals surface area contributed by atoms with Crippen molar-refractivity contribution in [2.45, 2.75) is 0 Å². The highest BCUT2D eigenvalue weighted by molar-refractivity contribution is 6.30. The second-order valence-corrected chi connectivity index (χ2v) is 14.3. The molecule has 0 unspecified atom stereocenters. The summed E-state index contributed by atoms with van der Waals surface area (Å²) in [5, 5.41) is 10.3. The van der Waals surface area contributed by atoms with Crippen molar-refractivity contribution in [1.82, 2.24) is 4.57 Å². The molecule has 0 atom stereocenters. The quantitative estimate of drug-likeness (QED) is 0.171. The van der Waals surface area contributed by atoms with Crippen LogP contribution in [-0.4, -0.2) is 4.57 Å². The molecule has 0 saturated carbocycles. The lowest BCUT2D eigenvalue weighted by Gasteiger charge is -2.19. The maximum absolute atomic E-state index is 6.88. The van der Waals surface area contributed by atoms with Gasteiger partial charge in [0.25, 0.3) is 0 Å². The monoisotopic (exact) mass is 701 g/mol. The van der Waals surface area contributed by atoms with Crippen LogP contribution in [0.1, 0.15) is 0 Å². The van der Waals surface area contributed by atoms with Gasteiger partial charge in [-0.3, -0.25) is 0 Å². The molecule has 0 bridgehead atoms. The fourth-order valence-corrected chi connectivity index (χ4v) is 9.12. The molecule has 3 nitrogen and oxygen atoms in total. The summed E-state index contributed by atoms with van der Waals surface area (Å²) in [6.45, 7) is 0. The van der Waals surface area contributed by atoms with Gasteiger partial charge in [-0.1, -0.05) is 146 Å². The van der Waals surface area contributed by atoms with Crippen LogP contribution in [-0.2, 0) is 0 Å². The van der Waals surface area contributed by atoms with E-state index in [0.29, 0.717) is 0 Å². The Morgan fingerprint density at radius 3 is 1.65 bits per heavy atom. The number of rotatable bonds is 4. The van der Waals surface area contributed by atoms with E-state index < -0.39 is 0 Å². The Hall–Kier alpha value is -7.36. The van der Waals surface area contributed by atoms with Crippen molar-refractivity contribution in [3.05, 3.63) is 188 Å². The first-order valence-corrected chi connectivity index (χ1v) is 18.8. The van der Waals surface area contributed by atoms with Crippen molar-refractivity contribution in [2.24, 2.45) is 0 Å². The Morgan fingerprint density at radius 1 is 0.345 bits per heavy atom. The first-order valence-electron chi connectivity index (χ1n) is 18.8. The fraction of sp³-hybridized carbons (Fsp3) is 0. The van der Waals surface area contributed by atoms with Gasteiger partial charge < -0.3 is 13.4 Å². The molecule has 256 valence electrons. The van der Waals surface area contributed by atoms with Crippen molar-refractivity contribution in [1.29, 1.82) is 0 Å². The maximum Gasteiger partial charge on any atom is 0.144 e. The van der Waals surface area contributed by atoms with Gasteiger partial charge >= 0.3 is 0 Å². The van der Waals surface area contributed by atoms with E-state index in [-0.39, 0.29) is 0 Å². The van der Waals surface area contributed by atoms with Crippen LogP contribution in [0, 0.1) is 0 Å². The average Bonchev–Trinajstić information content (AvgIpc) is 3.95. The summed E-state index contributed by atoms with van der Waals surface area (Å²) < 4.78 is 16.0. The van der Waals surface area contributed by atoms with Crippen molar-refractivity contribution in [2.75, 3.05) is 0 Å². The molecule has 55 heavy (non-hydrogen) atoms. The minimum atomic E-state index is 0.834. The summed E-state index contributed by atoms with van der Waals surface area (Å²) >= 11 is 0. The molecule has 3 aromatic heterocycles. The number of furan rings is 2. The van der Waals surface area contributed by atoms with Gasteiger partial charge in [0.15, 0.2) is 0 Å². The molecular weight excluding hydrogens is 671 g/mol. The molecule has 0 radical (unpaired) electrons. The van der Waals surface area contributed by atoms with Crippen LogP contribution in [0.3, 0.4) is 0 Å². The Morgan fingerprint density at radius 2 is 0.927 bits per heavy atom. The Labute approximate surface area is 315 Å². The van der Waals surface area contributed by atoms with E-state index in [2.05, 4.69) is 180 Å². The van der Waals surface area contributed by atoms with E-state index >= 15 is 0 Å². The van der Waals surface area contributed by atoms with E-state index in [1.54, 1.807) is 0 Å². The molecule has 12 aromatic rings. The zero-order valence-electron chi connectivity index (χ0n) is 29.7. The van der Waals surface area contributed by atoms with E-state index in [0.717, 1.165) is 71.8 Å².